The number of allylic oxidation sites excluding steroid dienone is 4. The maximum Gasteiger partial charge on any atom is 0.220 e. The third kappa shape index (κ3) is 41.6. The predicted molar refractivity (Wildman–Crippen MR) is 300 cm³/mol. The molecule has 0 aromatic carbocycles. The van der Waals surface area contributed by atoms with Crippen LogP contribution in [-0.4, -0.2) is 87.5 Å². The highest BCUT2D eigenvalue weighted by Crippen LogP contribution is 2.23. The molecule has 0 aromatic rings. The molecule has 420 valence electrons. The summed E-state index contributed by atoms with van der Waals surface area (Å²) in [7, 11) is 0. The van der Waals surface area contributed by atoms with E-state index >= 15 is 0 Å². The minimum absolute atomic E-state index is 0.134. The highest BCUT2D eigenvalue weighted by atomic mass is 16.7. The van der Waals surface area contributed by atoms with Gasteiger partial charge in [-0.05, 0) is 44.9 Å². The number of unbranched alkanes of at least 4 members (excludes halogenated alkanes) is 40. The lowest BCUT2D eigenvalue weighted by atomic mass is 9.99. The van der Waals surface area contributed by atoms with Gasteiger partial charge in [0.25, 0.3) is 0 Å². The summed E-state index contributed by atoms with van der Waals surface area (Å²) in [6, 6.07) is -0.713. The Morgan fingerprint density at radius 1 is 0.479 bits per heavy atom. The molecule has 1 fully saturated rings. The molecule has 0 radical (unpaired) electrons. The molecule has 0 spiro atoms. The van der Waals surface area contributed by atoms with Gasteiger partial charge in [-0.2, -0.15) is 0 Å². The Morgan fingerprint density at radius 2 is 0.831 bits per heavy atom. The van der Waals surface area contributed by atoms with E-state index in [1.807, 2.05) is 0 Å². The van der Waals surface area contributed by atoms with Gasteiger partial charge in [-0.3, -0.25) is 4.79 Å². The van der Waals surface area contributed by atoms with Gasteiger partial charge >= 0.3 is 0 Å². The summed E-state index contributed by atoms with van der Waals surface area (Å²) in [6.45, 7) is 3.82. The number of carbonyl (C=O) groups is 1. The van der Waals surface area contributed by atoms with E-state index in [0.29, 0.717) is 12.8 Å². The Morgan fingerprint density at radius 3 is 1.21 bits per heavy atom. The van der Waals surface area contributed by atoms with Gasteiger partial charge in [-0.1, -0.05) is 282 Å². The smallest absolute Gasteiger partial charge is 0.220 e. The normalized spacial score (nSPS) is 19.3. The minimum atomic E-state index is -1.55. The van der Waals surface area contributed by atoms with Crippen LogP contribution in [0, 0.1) is 0 Å². The molecule has 7 unspecified atom stereocenters. The number of aliphatic hydroxyl groups excluding tert-OH is 5. The van der Waals surface area contributed by atoms with Crippen molar-refractivity contribution in [3.05, 3.63) is 24.3 Å². The molecule has 1 aliphatic rings. The molecular weight excluding hydrogens is 887 g/mol. The van der Waals surface area contributed by atoms with Crippen LogP contribution in [0.2, 0.25) is 0 Å². The third-order valence-electron chi connectivity index (χ3n) is 15.1. The summed E-state index contributed by atoms with van der Waals surface area (Å²) >= 11 is 0. The molecule has 1 aliphatic heterocycles. The number of rotatable bonds is 54. The monoisotopic (exact) mass is 1010 g/mol. The molecule has 9 nitrogen and oxygen atoms in total. The fraction of sp³-hybridized carbons (Fsp3) is 0.919. The van der Waals surface area contributed by atoms with E-state index in [0.717, 1.165) is 44.9 Å². The number of ether oxygens (including phenoxy) is 2. The first kappa shape index (κ1) is 67.7. The molecule has 71 heavy (non-hydrogen) atoms. The van der Waals surface area contributed by atoms with Crippen molar-refractivity contribution in [3.8, 4) is 0 Å². The van der Waals surface area contributed by atoms with Gasteiger partial charge in [0, 0.05) is 6.42 Å². The van der Waals surface area contributed by atoms with Crippen molar-refractivity contribution >= 4 is 5.91 Å². The van der Waals surface area contributed by atoms with Crippen LogP contribution in [-0.2, 0) is 14.3 Å². The molecule has 0 aromatic heterocycles. The Hall–Kier alpha value is -1.33. The van der Waals surface area contributed by atoms with E-state index in [1.54, 1.807) is 0 Å². The van der Waals surface area contributed by atoms with Gasteiger partial charge in [-0.15, -0.1) is 0 Å². The topological polar surface area (TPSA) is 149 Å². The summed E-state index contributed by atoms with van der Waals surface area (Å²) in [4.78, 5) is 13.0. The number of nitrogens with one attached hydrogen (secondary N) is 1. The molecule has 6 N–H and O–H groups in total. The van der Waals surface area contributed by atoms with Crippen molar-refractivity contribution in [3.63, 3.8) is 0 Å². The Labute approximate surface area is 439 Å². The lowest BCUT2D eigenvalue weighted by Crippen LogP contribution is -2.60. The van der Waals surface area contributed by atoms with Crippen LogP contribution < -0.4 is 5.32 Å². The largest absolute Gasteiger partial charge is 0.394 e. The summed E-state index contributed by atoms with van der Waals surface area (Å²) in [5.74, 6) is -0.141. The zero-order chi connectivity index (χ0) is 51.5. The first-order chi connectivity index (χ1) is 34.8. The number of aliphatic hydroxyl groups is 5. The van der Waals surface area contributed by atoms with Gasteiger partial charge in [0.1, 0.15) is 24.4 Å². The quantitative estimate of drug-likeness (QED) is 0.0261. The molecule has 9 heteroatoms. The van der Waals surface area contributed by atoms with E-state index < -0.39 is 49.5 Å². The third-order valence-corrected chi connectivity index (χ3v) is 15.1. The van der Waals surface area contributed by atoms with Crippen molar-refractivity contribution in [1.29, 1.82) is 0 Å². The molecule has 0 saturated carbocycles. The highest BCUT2D eigenvalue weighted by molar-refractivity contribution is 5.76. The van der Waals surface area contributed by atoms with Gasteiger partial charge < -0.3 is 40.3 Å². The van der Waals surface area contributed by atoms with E-state index in [2.05, 4.69) is 43.5 Å². The number of hydrogen-bond donors (Lipinski definition) is 6. The second-order valence-electron chi connectivity index (χ2n) is 21.9. The molecule has 1 saturated heterocycles. The fourth-order valence-corrected chi connectivity index (χ4v) is 10.1. The zero-order valence-corrected chi connectivity index (χ0v) is 46.8. The molecule has 7 atom stereocenters. The van der Waals surface area contributed by atoms with Crippen LogP contribution in [0.5, 0.6) is 0 Å². The van der Waals surface area contributed by atoms with Gasteiger partial charge in [0.2, 0.25) is 5.91 Å². The zero-order valence-electron chi connectivity index (χ0n) is 46.8. The average Bonchev–Trinajstić information content (AvgIpc) is 3.37. The molecule has 0 aliphatic carbocycles. The molecule has 1 heterocycles. The number of carbonyl (C=O) groups excluding carboxylic acids is 1. The number of amides is 1. The minimum Gasteiger partial charge on any atom is -0.394 e. The number of hydrogen-bond acceptors (Lipinski definition) is 8. The highest BCUT2D eigenvalue weighted by Gasteiger charge is 2.44. The summed E-state index contributed by atoms with van der Waals surface area (Å²) < 4.78 is 11.3. The van der Waals surface area contributed by atoms with Crippen molar-refractivity contribution in [2.24, 2.45) is 0 Å². The van der Waals surface area contributed by atoms with Crippen LogP contribution in [0.25, 0.3) is 0 Å². The van der Waals surface area contributed by atoms with E-state index in [1.165, 1.54) is 238 Å². The van der Waals surface area contributed by atoms with Crippen LogP contribution in [0.4, 0.5) is 0 Å². The predicted octanol–water partition coefficient (Wildman–Crippen LogP) is 15.7. The Kier molecular flexibility index (Phi) is 49.7. The second-order valence-corrected chi connectivity index (χ2v) is 21.9. The SMILES string of the molecule is CCCCCCC/C=C\C/C=C\CCCCCCCCCCCCCCCCCCCCCCCCCCCCCC(=O)NC(COC1OC(CO)C(O)C(O)C1O)C(O)CCCCCCCCCCC. The van der Waals surface area contributed by atoms with E-state index in [-0.39, 0.29) is 12.5 Å². The van der Waals surface area contributed by atoms with Crippen molar-refractivity contribution in [1.82, 2.24) is 5.32 Å². The maximum atomic E-state index is 13.0. The summed E-state index contributed by atoms with van der Waals surface area (Å²) in [6.07, 6.45) is 59.8. The fourth-order valence-electron chi connectivity index (χ4n) is 10.1. The van der Waals surface area contributed by atoms with E-state index in [4.69, 9.17) is 9.47 Å². The maximum absolute atomic E-state index is 13.0. The van der Waals surface area contributed by atoms with Gasteiger partial charge in [-0.25, -0.2) is 0 Å². The Bertz CT molecular complexity index is 1170. The standard InChI is InChI=1S/C62H119NO8/c1-3-5-7-9-11-13-14-15-16-17-18-19-20-21-22-23-24-25-26-27-28-29-30-31-32-33-34-35-36-37-38-39-40-41-42-44-46-48-50-52-58(66)63-55(56(65)51-49-47-45-43-12-10-8-6-4-2)54-70-62-61(69)60(68)59(67)57(53-64)71-62/h14-15,17-18,55-57,59-62,64-65,67-69H,3-13,16,19-54H2,1-2H3,(H,63,66)/b15-14-,18-17-. The van der Waals surface area contributed by atoms with Crippen LogP contribution in [0.3, 0.4) is 0 Å². The summed E-state index contributed by atoms with van der Waals surface area (Å²) in [5, 5.41) is 54.4. The van der Waals surface area contributed by atoms with Crippen LogP contribution >= 0.6 is 0 Å². The lowest BCUT2D eigenvalue weighted by molar-refractivity contribution is -0.302. The first-order valence-corrected chi connectivity index (χ1v) is 31.0. The molecular formula is C62H119NO8. The van der Waals surface area contributed by atoms with Crippen molar-refractivity contribution in [2.45, 2.75) is 352 Å². The Balaban J connectivity index is 1.97. The lowest BCUT2D eigenvalue weighted by Gasteiger charge is -2.40. The van der Waals surface area contributed by atoms with Gasteiger partial charge in [0.05, 0.1) is 25.4 Å². The van der Waals surface area contributed by atoms with Crippen molar-refractivity contribution in [2.75, 3.05) is 13.2 Å². The molecule has 1 rings (SSSR count). The molecule has 1 amide bonds. The van der Waals surface area contributed by atoms with Gasteiger partial charge in [0.15, 0.2) is 6.29 Å². The van der Waals surface area contributed by atoms with Crippen LogP contribution in [0.1, 0.15) is 309 Å². The van der Waals surface area contributed by atoms with Crippen LogP contribution in [0.15, 0.2) is 24.3 Å². The second kappa shape index (κ2) is 52.1. The van der Waals surface area contributed by atoms with Crippen molar-refractivity contribution < 1.29 is 39.8 Å². The van der Waals surface area contributed by atoms with E-state index in [9.17, 15) is 30.3 Å². The summed E-state index contributed by atoms with van der Waals surface area (Å²) in [5.41, 5.74) is 0. The first-order valence-electron chi connectivity index (χ1n) is 31.0. The molecule has 0 bridgehead atoms. The average molecular weight is 1010 g/mol.